The van der Waals surface area contributed by atoms with E-state index >= 15 is 0 Å². The lowest BCUT2D eigenvalue weighted by atomic mass is 10.1. The van der Waals surface area contributed by atoms with E-state index in [2.05, 4.69) is 11.8 Å². The molecule has 1 rings (SSSR count). The molecule has 4 N–H and O–H groups in total. The van der Waals surface area contributed by atoms with Crippen LogP contribution in [0.15, 0.2) is 12.1 Å². The molecule has 0 heterocycles. The Hall–Kier alpha value is -2.09. The molecule has 0 aromatic heterocycles. The van der Waals surface area contributed by atoms with Gasteiger partial charge in [-0.25, -0.2) is 8.78 Å². The van der Waals surface area contributed by atoms with Crippen LogP contribution in [-0.2, 0) is 4.79 Å². The molecular formula is C10H8F2N2O. The van der Waals surface area contributed by atoms with E-state index in [-0.39, 0.29) is 17.7 Å². The summed E-state index contributed by atoms with van der Waals surface area (Å²) in [5, 5.41) is 0. The number of hydrogen-bond donors (Lipinski definition) is 2. The summed E-state index contributed by atoms with van der Waals surface area (Å²) in [5.74, 6) is 2.16. The molecule has 1 aromatic rings. The fourth-order valence-corrected chi connectivity index (χ4v) is 0.897. The summed E-state index contributed by atoms with van der Waals surface area (Å²) in [7, 11) is 0. The summed E-state index contributed by atoms with van der Waals surface area (Å²) in [6, 6.07) is 1.71. The molecule has 1 aromatic carbocycles. The maximum atomic E-state index is 12.8. The summed E-state index contributed by atoms with van der Waals surface area (Å²) in [4.78, 5) is 10.3. The molecule has 3 nitrogen and oxygen atoms in total. The quantitative estimate of drug-likeness (QED) is 0.531. The lowest BCUT2D eigenvalue weighted by molar-refractivity contribution is -0.117. The van der Waals surface area contributed by atoms with Crippen molar-refractivity contribution in [3.63, 3.8) is 0 Å². The third kappa shape index (κ3) is 2.95. The molecule has 0 unspecified atom stereocenters. The van der Waals surface area contributed by atoms with Crippen molar-refractivity contribution in [3.8, 4) is 11.8 Å². The zero-order valence-electron chi connectivity index (χ0n) is 7.68. The van der Waals surface area contributed by atoms with Crippen molar-refractivity contribution in [2.75, 3.05) is 5.73 Å². The normalized spacial score (nSPS) is 9.20. The predicted molar refractivity (Wildman–Crippen MR) is 51.5 cm³/mol. The van der Waals surface area contributed by atoms with Crippen molar-refractivity contribution in [1.82, 2.24) is 0 Å². The largest absolute Gasteiger partial charge is 0.398 e. The van der Waals surface area contributed by atoms with E-state index < -0.39 is 17.5 Å². The lowest BCUT2D eigenvalue weighted by Crippen LogP contribution is -2.08. The van der Waals surface area contributed by atoms with Crippen LogP contribution in [0.2, 0.25) is 0 Å². The van der Waals surface area contributed by atoms with E-state index in [4.69, 9.17) is 11.5 Å². The summed E-state index contributed by atoms with van der Waals surface area (Å²) < 4.78 is 25.4. The fourth-order valence-electron chi connectivity index (χ4n) is 0.897. The van der Waals surface area contributed by atoms with Crippen LogP contribution in [0.5, 0.6) is 0 Å². The molecular weight excluding hydrogens is 202 g/mol. The number of rotatable bonds is 1. The number of nitrogen functional groups attached to an aromatic ring is 1. The van der Waals surface area contributed by atoms with Gasteiger partial charge < -0.3 is 11.5 Å². The van der Waals surface area contributed by atoms with Crippen molar-refractivity contribution in [3.05, 3.63) is 29.3 Å². The van der Waals surface area contributed by atoms with Gasteiger partial charge in [0.1, 0.15) is 0 Å². The lowest BCUT2D eigenvalue weighted by Gasteiger charge is -1.98. The van der Waals surface area contributed by atoms with Crippen LogP contribution in [0.4, 0.5) is 14.5 Å². The van der Waals surface area contributed by atoms with Crippen molar-refractivity contribution in [1.29, 1.82) is 0 Å². The SMILES string of the molecule is NC(=O)CC#Cc1cc(F)c(F)cc1N. The molecule has 78 valence electrons. The first-order chi connectivity index (χ1) is 7.00. The molecule has 0 saturated carbocycles. The van der Waals surface area contributed by atoms with Crippen LogP contribution in [0.1, 0.15) is 12.0 Å². The molecule has 5 heteroatoms. The molecule has 1 amide bonds. The summed E-state index contributed by atoms with van der Waals surface area (Å²) >= 11 is 0. The van der Waals surface area contributed by atoms with Gasteiger partial charge in [-0.1, -0.05) is 11.8 Å². The predicted octanol–water partition coefficient (Wildman–Crippen LogP) is 0.774. The first-order valence-corrected chi connectivity index (χ1v) is 4.02. The molecule has 0 bridgehead atoms. The minimum atomic E-state index is -1.03. The molecule has 0 saturated heterocycles. The summed E-state index contributed by atoms with van der Waals surface area (Å²) in [5.41, 5.74) is 10.4. The van der Waals surface area contributed by atoms with Gasteiger partial charge in [0.05, 0.1) is 17.7 Å². The zero-order chi connectivity index (χ0) is 11.4. The standard InChI is InChI=1S/C10H8F2N2O/c11-7-4-6(2-1-3-10(14)15)9(13)5-8(7)12/h4-5H,3,13H2,(H2,14,15). The number of halogens is 2. The van der Waals surface area contributed by atoms with Gasteiger partial charge in [-0.3, -0.25) is 4.79 Å². The number of amides is 1. The number of carbonyl (C=O) groups is 1. The average molecular weight is 210 g/mol. The third-order valence-electron chi connectivity index (χ3n) is 1.58. The van der Waals surface area contributed by atoms with E-state index in [0.717, 1.165) is 12.1 Å². The number of carbonyl (C=O) groups excluding carboxylic acids is 1. The maximum absolute atomic E-state index is 12.8. The highest BCUT2D eigenvalue weighted by Gasteiger charge is 2.05. The smallest absolute Gasteiger partial charge is 0.229 e. The second-order valence-corrected chi connectivity index (χ2v) is 2.80. The average Bonchev–Trinajstić information content (AvgIpc) is 2.13. The van der Waals surface area contributed by atoms with Crippen LogP contribution >= 0.6 is 0 Å². The molecule has 0 aliphatic rings. The van der Waals surface area contributed by atoms with Crippen LogP contribution in [0, 0.1) is 23.5 Å². The third-order valence-corrected chi connectivity index (χ3v) is 1.58. The molecule has 0 aliphatic carbocycles. The Morgan fingerprint density at radius 2 is 1.93 bits per heavy atom. The number of nitrogens with two attached hydrogens (primary N) is 2. The Labute approximate surface area is 85.1 Å². The summed E-state index contributed by atoms with van der Waals surface area (Å²) in [6.07, 6.45) is -0.154. The van der Waals surface area contributed by atoms with Gasteiger partial charge >= 0.3 is 0 Å². The molecule has 0 spiro atoms. The number of benzene rings is 1. The van der Waals surface area contributed by atoms with Crippen LogP contribution < -0.4 is 11.5 Å². The van der Waals surface area contributed by atoms with E-state index in [0.29, 0.717) is 0 Å². The second kappa shape index (κ2) is 4.42. The van der Waals surface area contributed by atoms with Crippen LogP contribution in [0.25, 0.3) is 0 Å². The van der Waals surface area contributed by atoms with Crippen LogP contribution in [0.3, 0.4) is 0 Å². The first kappa shape index (κ1) is 11.0. The highest BCUT2D eigenvalue weighted by atomic mass is 19.2. The van der Waals surface area contributed by atoms with Gasteiger partial charge in [-0.05, 0) is 6.07 Å². The Morgan fingerprint density at radius 3 is 2.53 bits per heavy atom. The Kier molecular flexibility index (Phi) is 3.24. The molecule has 0 fully saturated rings. The highest BCUT2D eigenvalue weighted by Crippen LogP contribution is 2.15. The highest BCUT2D eigenvalue weighted by molar-refractivity contribution is 5.76. The van der Waals surface area contributed by atoms with Gasteiger partial charge in [0.2, 0.25) is 5.91 Å². The van der Waals surface area contributed by atoms with Crippen molar-refractivity contribution in [2.45, 2.75) is 6.42 Å². The molecule has 15 heavy (non-hydrogen) atoms. The first-order valence-electron chi connectivity index (χ1n) is 4.02. The van der Waals surface area contributed by atoms with E-state index in [9.17, 15) is 13.6 Å². The topological polar surface area (TPSA) is 69.1 Å². The van der Waals surface area contributed by atoms with E-state index in [1.807, 2.05) is 0 Å². The van der Waals surface area contributed by atoms with E-state index in [1.165, 1.54) is 0 Å². The fraction of sp³-hybridized carbons (Fsp3) is 0.100. The second-order valence-electron chi connectivity index (χ2n) is 2.80. The molecule has 0 atom stereocenters. The number of hydrogen-bond acceptors (Lipinski definition) is 2. The minimum absolute atomic E-state index is 0.0193. The van der Waals surface area contributed by atoms with Gasteiger partial charge in [-0.15, -0.1) is 0 Å². The van der Waals surface area contributed by atoms with Crippen molar-refractivity contribution in [2.24, 2.45) is 5.73 Å². The Morgan fingerprint density at radius 1 is 1.33 bits per heavy atom. The monoisotopic (exact) mass is 210 g/mol. The van der Waals surface area contributed by atoms with E-state index in [1.54, 1.807) is 0 Å². The molecule has 0 aliphatic heterocycles. The Balaban J connectivity index is 2.98. The summed E-state index contributed by atoms with van der Waals surface area (Å²) in [6.45, 7) is 0. The molecule has 0 radical (unpaired) electrons. The van der Waals surface area contributed by atoms with Gasteiger partial charge in [-0.2, -0.15) is 0 Å². The number of anilines is 1. The number of primary amides is 1. The van der Waals surface area contributed by atoms with Crippen molar-refractivity contribution < 1.29 is 13.6 Å². The maximum Gasteiger partial charge on any atom is 0.229 e. The zero-order valence-corrected chi connectivity index (χ0v) is 7.68. The minimum Gasteiger partial charge on any atom is -0.398 e. The van der Waals surface area contributed by atoms with Gasteiger partial charge in [0.25, 0.3) is 0 Å². The Bertz CT molecular complexity index is 460. The van der Waals surface area contributed by atoms with Crippen molar-refractivity contribution >= 4 is 11.6 Å². The van der Waals surface area contributed by atoms with Gasteiger partial charge in [0, 0.05) is 6.07 Å². The van der Waals surface area contributed by atoms with Gasteiger partial charge in [0.15, 0.2) is 11.6 Å². The van der Waals surface area contributed by atoms with Crippen LogP contribution in [-0.4, -0.2) is 5.91 Å².